The first-order valence-corrected chi connectivity index (χ1v) is 3.02. The van der Waals surface area contributed by atoms with Crippen LogP contribution in [0.3, 0.4) is 0 Å². The molecule has 0 amide bonds. The third kappa shape index (κ3) is 1.70. The van der Waals surface area contributed by atoms with Gasteiger partial charge in [0.05, 0.1) is 0 Å². The highest BCUT2D eigenvalue weighted by Gasteiger charge is 1.96. The van der Waals surface area contributed by atoms with E-state index in [0.717, 1.165) is 6.54 Å². The summed E-state index contributed by atoms with van der Waals surface area (Å²) in [6.45, 7) is 0.780. The van der Waals surface area contributed by atoms with Gasteiger partial charge in [-0.05, 0) is 7.05 Å². The topological polar surface area (TPSA) is 70.9 Å². The summed E-state index contributed by atoms with van der Waals surface area (Å²) < 4.78 is 4.27. The van der Waals surface area contributed by atoms with Gasteiger partial charge in [-0.1, -0.05) is 5.16 Å². The molecule has 1 aromatic rings. The molecule has 5 nitrogen and oxygen atoms in total. The Morgan fingerprint density at radius 1 is 1.80 bits per heavy atom. The van der Waals surface area contributed by atoms with Crippen molar-refractivity contribution in [1.82, 2.24) is 15.5 Å². The molecule has 0 radical (unpaired) electrons. The average Bonchev–Trinajstić information content (AvgIpc) is 2.31. The van der Waals surface area contributed by atoms with E-state index in [-0.39, 0.29) is 0 Å². The summed E-state index contributed by atoms with van der Waals surface area (Å²) in [6, 6.07) is 0. The second-order valence-corrected chi connectivity index (χ2v) is 1.90. The first-order valence-electron chi connectivity index (χ1n) is 3.02. The predicted octanol–water partition coefficient (Wildman–Crippen LogP) is -0.875. The van der Waals surface area contributed by atoms with E-state index in [4.69, 9.17) is 0 Å². The molecular weight excluding hydrogens is 134 g/mol. The molecule has 0 saturated heterocycles. The number of hydrogen-bond acceptors (Lipinski definition) is 4. The Bertz CT molecular complexity index is 239. The number of nitrogens with one attached hydrogen (secondary N) is 2. The quantitative estimate of drug-likeness (QED) is 0.576. The van der Waals surface area contributed by atoms with Gasteiger partial charge in [0.2, 0.25) is 0 Å². The van der Waals surface area contributed by atoms with Crippen LogP contribution >= 0.6 is 0 Å². The number of aromatic amines is 1. The molecule has 0 fully saturated rings. The zero-order valence-corrected chi connectivity index (χ0v) is 5.68. The molecule has 10 heavy (non-hydrogen) atoms. The second-order valence-electron chi connectivity index (χ2n) is 1.90. The lowest BCUT2D eigenvalue weighted by atomic mass is 10.4. The molecule has 1 rings (SSSR count). The molecule has 0 bridgehead atoms. The summed E-state index contributed by atoms with van der Waals surface area (Å²) in [5, 5.41) is 6.39. The zero-order valence-electron chi connectivity index (χ0n) is 5.68. The molecule has 1 aromatic heterocycles. The Hall–Kier alpha value is -1.10. The minimum atomic E-state index is -0.494. The van der Waals surface area contributed by atoms with Crippen molar-refractivity contribution < 1.29 is 4.52 Å². The summed E-state index contributed by atoms with van der Waals surface area (Å²) in [4.78, 5) is 12.8. The largest absolute Gasteiger partial charge is 0.438 e. The minimum absolute atomic E-state index is 0.494. The molecule has 56 valence electrons. The van der Waals surface area contributed by atoms with Crippen molar-refractivity contribution in [2.24, 2.45) is 0 Å². The average molecular weight is 143 g/mol. The van der Waals surface area contributed by atoms with Crippen molar-refractivity contribution in [3.63, 3.8) is 0 Å². The van der Waals surface area contributed by atoms with Gasteiger partial charge in [-0.2, -0.15) is 0 Å². The van der Waals surface area contributed by atoms with Crippen LogP contribution in [0.15, 0.2) is 9.32 Å². The summed E-state index contributed by atoms with van der Waals surface area (Å²) in [6.07, 6.45) is 0.683. The van der Waals surface area contributed by atoms with Gasteiger partial charge in [0.1, 0.15) is 0 Å². The number of hydrogen-bond donors (Lipinski definition) is 2. The molecule has 0 saturated carbocycles. The van der Waals surface area contributed by atoms with Crippen molar-refractivity contribution in [2.75, 3.05) is 13.6 Å². The number of H-pyrrole nitrogens is 1. The van der Waals surface area contributed by atoms with E-state index in [9.17, 15) is 4.79 Å². The fourth-order valence-electron chi connectivity index (χ4n) is 0.612. The Morgan fingerprint density at radius 3 is 3.10 bits per heavy atom. The Labute approximate surface area is 57.4 Å². The monoisotopic (exact) mass is 143 g/mol. The van der Waals surface area contributed by atoms with Crippen LogP contribution < -0.4 is 11.1 Å². The van der Waals surface area contributed by atoms with E-state index >= 15 is 0 Å². The summed E-state index contributed by atoms with van der Waals surface area (Å²) in [7, 11) is 1.83. The third-order valence-electron chi connectivity index (χ3n) is 1.10. The molecule has 0 aliphatic rings. The van der Waals surface area contributed by atoms with Gasteiger partial charge >= 0.3 is 5.76 Å². The van der Waals surface area contributed by atoms with Crippen LogP contribution in [-0.2, 0) is 6.42 Å². The molecule has 0 aliphatic heterocycles. The van der Waals surface area contributed by atoms with E-state index in [2.05, 4.69) is 20.0 Å². The highest BCUT2D eigenvalue weighted by atomic mass is 16.5. The fraction of sp³-hybridized carbons (Fsp3) is 0.600. The van der Waals surface area contributed by atoms with Gasteiger partial charge in [0.15, 0.2) is 5.82 Å². The second kappa shape index (κ2) is 3.17. The minimum Gasteiger partial charge on any atom is -0.319 e. The number of nitrogens with zero attached hydrogens (tertiary/aromatic N) is 1. The van der Waals surface area contributed by atoms with E-state index in [0.29, 0.717) is 12.2 Å². The van der Waals surface area contributed by atoms with Crippen molar-refractivity contribution in [3.05, 3.63) is 16.4 Å². The lowest BCUT2D eigenvalue weighted by molar-refractivity contribution is 0.381. The maximum absolute atomic E-state index is 10.3. The Kier molecular flexibility index (Phi) is 2.22. The third-order valence-corrected chi connectivity index (χ3v) is 1.10. The highest BCUT2D eigenvalue weighted by molar-refractivity contribution is 4.78. The van der Waals surface area contributed by atoms with Gasteiger partial charge in [-0.15, -0.1) is 0 Å². The molecule has 0 spiro atoms. The van der Waals surface area contributed by atoms with Crippen LogP contribution in [0.4, 0.5) is 0 Å². The van der Waals surface area contributed by atoms with Gasteiger partial charge in [0, 0.05) is 13.0 Å². The maximum Gasteiger partial charge on any atom is 0.438 e. The lowest BCUT2D eigenvalue weighted by Crippen LogP contribution is -2.11. The maximum atomic E-state index is 10.3. The Balaban J connectivity index is 2.50. The van der Waals surface area contributed by atoms with E-state index in [1.54, 1.807) is 0 Å². The van der Waals surface area contributed by atoms with Crippen LogP contribution in [0.25, 0.3) is 0 Å². The first-order chi connectivity index (χ1) is 4.83. The Morgan fingerprint density at radius 2 is 2.60 bits per heavy atom. The fourth-order valence-corrected chi connectivity index (χ4v) is 0.612. The van der Waals surface area contributed by atoms with Crippen LogP contribution in [0.1, 0.15) is 5.82 Å². The molecule has 0 aromatic carbocycles. The lowest BCUT2D eigenvalue weighted by Gasteiger charge is -1.90. The van der Waals surface area contributed by atoms with Crippen molar-refractivity contribution in [2.45, 2.75) is 6.42 Å². The molecule has 0 atom stereocenters. The molecule has 2 N–H and O–H groups in total. The van der Waals surface area contributed by atoms with Crippen LogP contribution in [0, 0.1) is 0 Å². The normalized spacial score (nSPS) is 10.1. The van der Waals surface area contributed by atoms with Crippen LogP contribution in [0.5, 0.6) is 0 Å². The van der Waals surface area contributed by atoms with Gasteiger partial charge in [-0.25, -0.2) is 4.79 Å². The van der Waals surface area contributed by atoms with E-state index in [1.165, 1.54) is 0 Å². The standard InChI is InChI=1S/C5H9N3O2/c1-6-3-2-4-7-5(9)10-8-4/h6H,2-3H2,1H3,(H,7,8,9). The van der Waals surface area contributed by atoms with Gasteiger partial charge in [0.25, 0.3) is 0 Å². The number of rotatable bonds is 3. The van der Waals surface area contributed by atoms with Crippen molar-refractivity contribution in [1.29, 1.82) is 0 Å². The molecule has 0 unspecified atom stereocenters. The van der Waals surface area contributed by atoms with Crippen LogP contribution in [-0.4, -0.2) is 23.7 Å². The number of likely N-dealkylation sites (N-methyl/N-ethyl adjacent to an activating group) is 1. The highest BCUT2D eigenvalue weighted by Crippen LogP contribution is 1.82. The summed E-state index contributed by atoms with van der Waals surface area (Å²) in [5.41, 5.74) is 0. The van der Waals surface area contributed by atoms with Crippen LogP contribution in [0.2, 0.25) is 0 Å². The predicted molar refractivity (Wildman–Crippen MR) is 34.8 cm³/mol. The van der Waals surface area contributed by atoms with E-state index < -0.39 is 5.76 Å². The smallest absolute Gasteiger partial charge is 0.319 e. The first kappa shape index (κ1) is 7.01. The number of aromatic nitrogens is 2. The SMILES string of the molecule is CNCCc1noc(=O)[nH]1. The molecule has 1 heterocycles. The van der Waals surface area contributed by atoms with Crippen molar-refractivity contribution >= 4 is 0 Å². The van der Waals surface area contributed by atoms with Gasteiger partial charge < -0.3 is 5.32 Å². The molecule has 5 heteroatoms. The summed E-state index contributed by atoms with van der Waals surface area (Å²) >= 11 is 0. The molecule has 0 aliphatic carbocycles. The zero-order chi connectivity index (χ0) is 7.40. The van der Waals surface area contributed by atoms with E-state index in [1.807, 2.05) is 7.05 Å². The van der Waals surface area contributed by atoms with Crippen molar-refractivity contribution in [3.8, 4) is 0 Å². The van der Waals surface area contributed by atoms with Gasteiger partial charge in [-0.3, -0.25) is 9.51 Å². The molecular formula is C5H9N3O2. The summed E-state index contributed by atoms with van der Waals surface area (Å²) in [5.74, 6) is 0.0884.